The number of aromatic nitrogens is 4. The van der Waals surface area contributed by atoms with Gasteiger partial charge in [-0.2, -0.15) is 0 Å². The molecular weight excluding hydrogens is 360 g/mol. The highest BCUT2D eigenvalue weighted by Crippen LogP contribution is 2.23. The summed E-state index contributed by atoms with van der Waals surface area (Å²) in [4.78, 5) is 35.6. The Bertz CT molecular complexity index is 1200. The zero-order valence-corrected chi connectivity index (χ0v) is 14.7. The lowest BCUT2D eigenvalue weighted by Crippen LogP contribution is -2.14. The van der Waals surface area contributed by atoms with Crippen molar-refractivity contribution in [2.24, 2.45) is 0 Å². The molecule has 0 aliphatic carbocycles. The van der Waals surface area contributed by atoms with E-state index in [9.17, 15) is 14.9 Å². The third-order valence-electron chi connectivity index (χ3n) is 4.17. The summed E-state index contributed by atoms with van der Waals surface area (Å²) in [6.45, 7) is 1.89. The third-order valence-corrected chi connectivity index (χ3v) is 4.17. The molecule has 1 aromatic carbocycles. The van der Waals surface area contributed by atoms with Crippen molar-refractivity contribution in [2.45, 2.75) is 6.92 Å². The lowest BCUT2D eigenvalue weighted by atomic mass is 10.2. The number of nitro groups is 1. The lowest BCUT2D eigenvalue weighted by molar-refractivity contribution is -0.384. The van der Waals surface area contributed by atoms with Gasteiger partial charge >= 0.3 is 0 Å². The van der Waals surface area contributed by atoms with E-state index in [0.29, 0.717) is 5.69 Å². The number of imidazole rings is 1. The number of amides is 1. The van der Waals surface area contributed by atoms with E-state index < -0.39 is 10.8 Å². The zero-order chi connectivity index (χ0) is 19.7. The average Bonchev–Trinajstić information content (AvgIpc) is 3.04. The Morgan fingerprint density at radius 1 is 1.11 bits per heavy atom. The number of anilines is 1. The average molecular weight is 374 g/mol. The first-order valence-electron chi connectivity index (χ1n) is 8.36. The minimum atomic E-state index is -0.521. The van der Waals surface area contributed by atoms with Crippen molar-refractivity contribution in [1.29, 1.82) is 0 Å². The van der Waals surface area contributed by atoms with Gasteiger partial charge in [0, 0.05) is 30.1 Å². The zero-order valence-electron chi connectivity index (χ0n) is 14.7. The summed E-state index contributed by atoms with van der Waals surface area (Å²) in [6, 6.07) is 12.7. The van der Waals surface area contributed by atoms with Crippen LogP contribution in [0.15, 0.2) is 60.9 Å². The molecule has 0 radical (unpaired) electrons. The smallest absolute Gasteiger partial charge is 0.269 e. The number of carbonyl (C=O) groups is 1. The van der Waals surface area contributed by atoms with E-state index in [1.54, 1.807) is 12.3 Å². The number of benzene rings is 1. The highest BCUT2D eigenvalue weighted by atomic mass is 16.6. The number of rotatable bonds is 4. The van der Waals surface area contributed by atoms with E-state index >= 15 is 0 Å². The standard InChI is InChI=1S/C19H14N6O3/c1-12-17(24-11-3-2-4-16(24)21-12)15-9-10-20-19(22-15)23-18(26)13-5-7-14(8-6-13)25(27)28/h2-11H,1H3,(H,20,22,23,26). The van der Waals surface area contributed by atoms with Crippen molar-refractivity contribution in [2.75, 3.05) is 5.32 Å². The van der Waals surface area contributed by atoms with Gasteiger partial charge in [0.1, 0.15) is 5.65 Å². The molecule has 0 atom stereocenters. The van der Waals surface area contributed by atoms with Gasteiger partial charge in [-0.25, -0.2) is 15.0 Å². The number of non-ortho nitro benzene ring substituents is 1. The van der Waals surface area contributed by atoms with Crippen LogP contribution in [0.3, 0.4) is 0 Å². The number of nitrogens with one attached hydrogen (secondary N) is 1. The quantitative estimate of drug-likeness (QED) is 0.433. The van der Waals surface area contributed by atoms with E-state index in [1.165, 1.54) is 24.3 Å². The predicted octanol–water partition coefficient (Wildman–Crippen LogP) is 3.26. The summed E-state index contributed by atoms with van der Waals surface area (Å²) < 4.78 is 1.92. The van der Waals surface area contributed by atoms with Crippen LogP contribution in [0.4, 0.5) is 11.6 Å². The number of pyridine rings is 1. The fourth-order valence-electron chi connectivity index (χ4n) is 2.88. The summed E-state index contributed by atoms with van der Waals surface area (Å²) in [5.41, 5.74) is 3.21. The van der Waals surface area contributed by atoms with Crippen LogP contribution in [0.2, 0.25) is 0 Å². The number of carbonyl (C=O) groups excluding carboxylic acids is 1. The maximum absolute atomic E-state index is 12.4. The first-order valence-corrected chi connectivity index (χ1v) is 8.36. The van der Waals surface area contributed by atoms with Gasteiger partial charge in [-0.05, 0) is 37.3 Å². The van der Waals surface area contributed by atoms with Crippen LogP contribution in [0.25, 0.3) is 17.0 Å². The number of hydrogen-bond donors (Lipinski definition) is 1. The number of hydrogen-bond acceptors (Lipinski definition) is 6. The molecule has 1 amide bonds. The van der Waals surface area contributed by atoms with Crippen LogP contribution in [0, 0.1) is 17.0 Å². The van der Waals surface area contributed by atoms with E-state index in [2.05, 4.69) is 20.3 Å². The molecule has 4 rings (SSSR count). The van der Waals surface area contributed by atoms with Crippen molar-refractivity contribution in [3.63, 3.8) is 0 Å². The molecule has 28 heavy (non-hydrogen) atoms. The largest absolute Gasteiger partial charge is 0.298 e. The van der Waals surface area contributed by atoms with Gasteiger partial charge < -0.3 is 0 Å². The van der Waals surface area contributed by atoms with Gasteiger partial charge in [0.2, 0.25) is 5.95 Å². The summed E-state index contributed by atoms with van der Waals surface area (Å²) >= 11 is 0. The van der Waals surface area contributed by atoms with Crippen LogP contribution in [-0.2, 0) is 0 Å². The minimum absolute atomic E-state index is 0.0853. The number of fused-ring (bicyclic) bond motifs is 1. The molecule has 9 nitrogen and oxygen atoms in total. The summed E-state index contributed by atoms with van der Waals surface area (Å²) in [5.74, 6) is -0.326. The monoisotopic (exact) mass is 374 g/mol. The Hall–Kier alpha value is -4.14. The second kappa shape index (κ2) is 6.88. The molecule has 3 aromatic heterocycles. The van der Waals surface area contributed by atoms with Crippen molar-refractivity contribution >= 4 is 23.2 Å². The second-order valence-electron chi connectivity index (χ2n) is 6.00. The van der Waals surface area contributed by atoms with E-state index in [0.717, 1.165) is 17.0 Å². The predicted molar refractivity (Wildman–Crippen MR) is 102 cm³/mol. The van der Waals surface area contributed by atoms with Crippen LogP contribution >= 0.6 is 0 Å². The molecule has 0 unspecified atom stereocenters. The summed E-state index contributed by atoms with van der Waals surface area (Å²) in [6.07, 6.45) is 3.44. The molecular formula is C19H14N6O3. The lowest BCUT2D eigenvalue weighted by Gasteiger charge is -2.06. The maximum atomic E-state index is 12.4. The fraction of sp³-hybridized carbons (Fsp3) is 0.0526. The summed E-state index contributed by atoms with van der Waals surface area (Å²) in [7, 11) is 0. The second-order valence-corrected chi connectivity index (χ2v) is 6.00. The molecule has 0 saturated carbocycles. The van der Waals surface area contributed by atoms with Crippen LogP contribution in [0.1, 0.15) is 16.1 Å². The first kappa shape index (κ1) is 17.3. The van der Waals surface area contributed by atoms with Gasteiger partial charge in [-0.1, -0.05) is 6.07 Å². The van der Waals surface area contributed by atoms with Gasteiger partial charge in [-0.15, -0.1) is 0 Å². The van der Waals surface area contributed by atoms with Gasteiger partial charge in [0.15, 0.2) is 0 Å². The van der Waals surface area contributed by atoms with Crippen LogP contribution < -0.4 is 5.32 Å². The number of nitro benzene ring substituents is 1. The van der Waals surface area contributed by atoms with Crippen molar-refractivity contribution in [3.05, 3.63) is 82.3 Å². The van der Waals surface area contributed by atoms with E-state index in [-0.39, 0.29) is 17.2 Å². The fourth-order valence-corrected chi connectivity index (χ4v) is 2.88. The number of nitrogens with zero attached hydrogens (tertiary/aromatic N) is 5. The molecule has 0 aliphatic heterocycles. The Labute approximate surface area is 158 Å². The van der Waals surface area contributed by atoms with E-state index in [1.807, 2.05) is 35.7 Å². The normalized spacial score (nSPS) is 10.8. The molecule has 1 N–H and O–H groups in total. The highest BCUT2D eigenvalue weighted by Gasteiger charge is 2.15. The van der Waals surface area contributed by atoms with Crippen LogP contribution in [-0.4, -0.2) is 30.2 Å². The minimum Gasteiger partial charge on any atom is -0.298 e. The molecule has 0 spiro atoms. The number of aryl methyl sites for hydroxylation is 1. The van der Waals surface area contributed by atoms with Gasteiger partial charge in [0.05, 0.1) is 22.0 Å². The Morgan fingerprint density at radius 3 is 2.64 bits per heavy atom. The first-order chi connectivity index (χ1) is 13.5. The molecule has 0 saturated heterocycles. The molecule has 0 aliphatic rings. The van der Waals surface area contributed by atoms with Crippen LogP contribution in [0.5, 0.6) is 0 Å². The van der Waals surface area contributed by atoms with Crippen molar-refractivity contribution < 1.29 is 9.72 Å². The summed E-state index contributed by atoms with van der Waals surface area (Å²) in [5, 5.41) is 13.3. The Balaban J connectivity index is 1.63. The third kappa shape index (κ3) is 3.16. The van der Waals surface area contributed by atoms with E-state index in [4.69, 9.17) is 0 Å². The molecule has 4 aromatic rings. The van der Waals surface area contributed by atoms with Gasteiger partial charge in [-0.3, -0.25) is 24.6 Å². The molecule has 9 heteroatoms. The molecule has 0 bridgehead atoms. The van der Waals surface area contributed by atoms with Crippen molar-refractivity contribution in [1.82, 2.24) is 19.4 Å². The molecule has 3 heterocycles. The Morgan fingerprint density at radius 2 is 1.89 bits per heavy atom. The molecule has 138 valence electrons. The highest BCUT2D eigenvalue weighted by molar-refractivity contribution is 6.03. The van der Waals surface area contributed by atoms with Gasteiger partial charge in [0.25, 0.3) is 11.6 Å². The SMILES string of the molecule is Cc1nc2ccccn2c1-c1ccnc(NC(=O)c2ccc([N+](=O)[O-])cc2)n1. The van der Waals surface area contributed by atoms with Crippen molar-refractivity contribution in [3.8, 4) is 11.4 Å². The topological polar surface area (TPSA) is 115 Å². The molecule has 0 fully saturated rings. The Kier molecular flexibility index (Phi) is 4.24. The maximum Gasteiger partial charge on any atom is 0.269 e.